The lowest BCUT2D eigenvalue weighted by Gasteiger charge is -2.06. The van der Waals surface area contributed by atoms with E-state index in [-0.39, 0.29) is 4.90 Å². The van der Waals surface area contributed by atoms with Crippen molar-refractivity contribution >= 4 is 32.1 Å². The van der Waals surface area contributed by atoms with Gasteiger partial charge in [0.15, 0.2) is 0 Å². The number of halogens is 1. The van der Waals surface area contributed by atoms with Gasteiger partial charge in [-0.15, -0.1) is 0 Å². The molecule has 17 heavy (non-hydrogen) atoms. The topological polar surface area (TPSA) is 72.5 Å². The molecule has 0 saturated heterocycles. The highest BCUT2D eigenvalue weighted by atomic mass is 79.9. The normalized spacial score (nSPS) is 10.9. The molecular formula is C10H12BrNO4S. The van der Waals surface area contributed by atoms with Gasteiger partial charge in [0, 0.05) is 11.0 Å². The Hall–Kier alpha value is -1.08. The van der Waals surface area contributed by atoms with Crippen LogP contribution in [0.4, 0.5) is 4.79 Å². The van der Waals surface area contributed by atoms with E-state index in [0.717, 1.165) is 4.47 Å². The van der Waals surface area contributed by atoms with Crippen molar-refractivity contribution in [2.24, 2.45) is 0 Å². The van der Waals surface area contributed by atoms with Crippen molar-refractivity contribution in [1.29, 1.82) is 0 Å². The Morgan fingerprint density at radius 2 is 1.94 bits per heavy atom. The summed E-state index contributed by atoms with van der Waals surface area (Å²) in [5.41, 5.74) is 0. The van der Waals surface area contributed by atoms with Crippen LogP contribution in [0.1, 0.15) is 13.3 Å². The minimum atomic E-state index is -4.04. The average molecular weight is 322 g/mol. The number of nitrogens with one attached hydrogen (secondary N) is 1. The predicted molar refractivity (Wildman–Crippen MR) is 66.1 cm³/mol. The highest BCUT2D eigenvalue weighted by Crippen LogP contribution is 2.16. The number of benzene rings is 1. The van der Waals surface area contributed by atoms with Gasteiger partial charge in [-0.2, -0.15) is 8.42 Å². The lowest BCUT2D eigenvalue weighted by atomic mass is 10.4. The molecule has 0 aliphatic rings. The van der Waals surface area contributed by atoms with Crippen molar-refractivity contribution in [2.75, 3.05) is 6.54 Å². The molecule has 94 valence electrons. The molecule has 0 aliphatic heterocycles. The van der Waals surface area contributed by atoms with Gasteiger partial charge < -0.3 is 9.50 Å². The molecule has 0 bridgehead atoms. The number of amides is 1. The van der Waals surface area contributed by atoms with Crippen LogP contribution in [0.3, 0.4) is 0 Å². The Morgan fingerprint density at radius 3 is 2.47 bits per heavy atom. The van der Waals surface area contributed by atoms with E-state index in [1.165, 1.54) is 12.1 Å². The molecule has 0 unspecified atom stereocenters. The zero-order chi connectivity index (χ0) is 12.9. The number of hydrogen-bond acceptors (Lipinski definition) is 4. The highest BCUT2D eigenvalue weighted by molar-refractivity contribution is 9.10. The standard InChI is InChI=1S/C10H12BrNO4S/c1-2-7-12-10(13)16-17(14,15)9-5-3-8(11)4-6-9/h3-6H,2,7H2,1H3,(H,12,13). The van der Waals surface area contributed by atoms with Crippen LogP contribution < -0.4 is 5.32 Å². The van der Waals surface area contributed by atoms with Gasteiger partial charge in [-0.3, -0.25) is 0 Å². The summed E-state index contributed by atoms with van der Waals surface area (Å²) in [6.45, 7) is 2.22. The first-order valence-electron chi connectivity index (χ1n) is 4.93. The fourth-order valence-electron chi connectivity index (χ4n) is 1.01. The van der Waals surface area contributed by atoms with E-state index in [9.17, 15) is 13.2 Å². The van der Waals surface area contributed by atoms with E-state index in [0.29, 0.717) is 13.0 Å². The largest absolute Gasteiger partial charge is 0.423 e. The molecule has 7 heteroatoms. The fraction of sp³-hybridized carbons (Fsp3) is 0.300. The molecule has 1 aromatic carbocycles. The zero-order valence-corrected chi connectivity index (χ0v) is 11.5. The monoisotopic (exact) mass is 321 g/mol. The fourth-order valence-corrected chi connectivity index (χ4v) is 2.09. The van der Waals surface area contributed by atoms with Gasteiger partial charge in [-0.05, 0) is 30.7 Å². The summed E-state index contributed by atoms with van der Waals surface area (Å²) in [4.78, 5) is 11.1. The Morgan fingerprint density at radius 1 is 1.35 bits per heavy atom. The summed E-state index contributed by atoms with van der Waals surface area (Å²) in [7, 11) is -4.04. The molecule has 1 rings (SSSR count). The van der Waals surface area contributed by atoms with Crippen molar-refractivity contribution in [3.05, 3.63) is 28.7 Å². The predicted octanol–water partition coefficient (Wildman–Crippen LogP) is 2.27. The molecule has 5 nitrogen and oxygen atoms in total. The Bertz CT molecular complexity index is 484. The van der Waals surface area contributed by atoms with Crippen LogP contribution in [0.15, 0.2) is 33.6 Å². The van der Waals surface area contributed by atoms with Gasteiger partial charge in [-0.1, -0.05) is 22.9 Å². The van der Waals surface area contributed by atoms with Crippen LogP contribution in [0.5, 0.6) is 0 Å². The summed E-state index contributed by atoms with van der Waals surface area (Å²) < 4.78 is 28.4. The van der Waals surface area contributed by atoms with E-state index >= 15 is 0 Å². The van der Waals surface area contributed by atoms with Crippen LogP contribution >= 0.6 is 15.9 Å². The van der Waals surface area contributed by atoms with E-state index in [1.807, 2.05) is 6.92 Å². The smallest absolute Gasteiger partial charge is 0.324 e. The number of carbonyl (C=O) groups excluding carboxylic acids is 1. The molecule has 0 saturated carbocycles. The van der Waals surface area contributed by atoms with Crippen molar-refractivity contribution in [3.8, 4) is 0 Å². The summed E-state index contributed by atoms with van der Waals surface area (Å²) in [6.07, 6.45) is -0.261. The Labute approximate surface area is 108 Å². The van der Waals surface area contributed by atoms with Crippen LogP contribution in [-0.4, -0.2) is 21.1 Å². The zero-order valence-electron chi connectivity index (χ0n) is 9.14. The van der Waals surface area contributed by atoms with E-state index in [1.54, 1.807) is 12.1 Å². The first-order chi connectivity index (χ1) is 7.95. The first kappa shape index (κ1) is 14.0. The van der Waals surface area contributed by atoms with Gasteiger partial charge in [0.25, 0.3) is 0 Å². The second-order valence-corrected chi connectivity index (χ2v) is 5.67. The second-order valence-electron chi connectivity index (χ2n) is 3.21. The van der Waals surface area contributed by atoms with E-state index in [4.69, 9.17) is 0 Å². The van der Waals surface area contributed by atoms with Crippen LogP contribution in [0.25, 0.3) is 0 Å². The average Bonchev–Trinajstić information content (AvgIpc) is 2.26. The Kier molecular flexibility index (Phi) is 4.95. The maximum absolute atomic E-state index is 11.6. The SMILES string of the molecule is CCCNC(=O)OS(=O)(=O)c1ccc(Br)cc1. The molecule has 0 atom stereocenters. The van der Waals surface area contributed by atoms with Crippen molar-refractivity contribution < 1.29 is 17.4 Å². The third-order valence-electron chi connectivity index (χ3n) is 1.81. The van der Waals surface area contributed by atoms with Gasteiger partial charge >= 0.3 is 16.2 Å². The minimum absolute atomic E-state index is 0.0626. The van der Waals surface area contributed by atoms with Crippen LogP contribution in [0.2, 0.25) is 0 Å². The van der Waals surface area contributed by atoms with Gasteiger partial charge in [0.2, 0.25) is 0 Å². The third-order valence-corrected chi connectivity index (χ3v) is 3.56. The molecular weight excluding hydrogens is 310 g/mol. The van der Waals surface area contributed by atoms with Crippen molar-refractivity contribution in [1.82, 2.24) is 5.32 Å². The minimum Gasteiger partial charge on any atom is -0.324 e. The molecule has 0 radical (unpaired) electrons. The first-order valence-corrected chi connectivity index (χ1v) is 7.13. The summed E-state index contributed by atoms with van der Waals surface area (Å²) in [5.74, 6) is 0. The lowest BCUT2D eigenvalue weighted by Crippen LogP contribution is -2.27. The van der Waals surface area contributed by atoms with E-state index < -0.39 is 16.2 Å². The van der Waals surface area contributed by atoms with Crippen LogP contribution in [0, 0.1) is 0 Å². The van der Waals surface area contributed by atoms with Gasteiger partial charge in [0.1, 0.15) is 4.90 Å². The highest BCUT2D eigenvalue weighted by Gasteiger charge is 2.19. The van der Waals surface area contributed by atoms with Gasteiger partial charge in [0.05, 0.1) is 0 Å². The van der Waals surface area contributed by atoms with Crippen LogP contribution in [-0.2, 0) is 14.3 Å². The lowest BCUT2D eigenvalue weighted by molar-refractivity contribution is 0.202. The molecule has 0 heterocycles. The van der Waals surface area contributed by atoms with Crippen molar-refractivity contribution in [2.45, 2.75) is 18.2 Å². The summed E-state index contributed by atoms with van der Waals surface area (Å²) >= 11 is 3.18. The second kappa shape index (κ2) is 6.02. The molecule has 0 fully saturated rings. The Balaban J connectivity index is 2.75. The molecule has 1 aromatic rings. The molecule has 0 aliphatic carbocycles. The third kappa shape index (κ3) is 4.35. The maximum Gasteiger partial charge on any atom is 0.423 e. The number of hydrogen-bond donors (Lipinski definition) is 1. The molecule has 1 N–H and O–H groups in total. The number of carbonyl (C=O) groups is 1. The molecule has 1 amide bonds. The van der Waals surface area contributed by atoms with Crippen molar-refractivity contribution in [3.63, 3.8) is 0 Å². The van der Waals surface area contributed by atoms with E-state index in [2.05, 4.69) is 25.4 Å². The summed E-state index contributed by atoms with van der Waals surface area (Å²) in [5, 5.41) is 2.32. The number of rotatable bonds is 4. The summed E-state index contributed by atoms with van der Waals surface area (Å²) in [6, 6.07) is 5.82. The molecule has 0 aromatic heterocycles. The van der Waals surface area contributed by atoms with Gasteiger partial charge in [-0.25, -0.2) is 4.79 Å². The molecule has 0 spiro atoms. The maximum atomic E-state index is 11.6. The quantitative estimate of drug-likeness (QED) is 0.863.